The van der Waals surface area contributed by atoms with Crippen LogP contribution in [0.5, 0.6) is 0 Å². The molecule has 62 valence electrons. The summed E-state index contributed by atoms with van der Waals surface area (Å²) >= 11 is 3.31. The van der Waals surface area contributed by atoms with Crippen molar-refractivity contribution in [3.05, 3.63) is 16.9 Å². The molecule has 0 saturated carbocycles. The van der Waals surface area contributed by atoms with E-state index in [-0.39, 0.29) is 6.23 Å². The summed E-state index contributed by atoms with van der Waals surface area (Å²) < 4.78 is 8.07. The van der Waals surface area contributed by atoms with Crippen molar-refractivity contribution in [3.8, 4) is 0 Å². The summed E-state index contributed by atoms with van der Waals surface area (Å²) in [4.78, 5) is 0. The van der Waals surface area contributed by atoms with Crippen molar-refractivity contribution in [2.45, 2.75) is 20.1 Å². The zero-order valence-electron chi connectivity index (χ0n) is 6.62. The van der Waals surface area contributed by atoms with Gasteiger partial charge in [-0.1, -0.05) is 0 Å². The van der Waals surface area contributed by atoms with Crippen molar-refractivity contribution in [2.75, 3.05) is 6.61 Å². The zero-order valence-corrected chi connectivity index (χ0v) is 8.21. The first-order valence-electron chi connectivity index (χ1n) is 3.55. The highest BCUT2D eigenvalue weighted by Gasteiger charge is 2.03. The molecule has 0 unspecified atom stereocenters. The van der Waals surface area contributed by atoms with E-state index in [4.69, 9.17) is 4.74 Å². The van der Waals surface area contributed by atoms with E-state index in [1.54, 1.807) is 10.9 Å². The Kier molecular flexibility index (Phi) is 3.08. The molecule has 0 bridgehead atoms. The van der Waals surface area contributed by atoms with E-state index in [0.29, 0.717) is 6.61 Å². The molecular weight excluding hydrogens is 208 g/mol. The average Bonchev–Trinajstić information content (AvgIpc) is 2.36. The Hall–Kier alpha value is -0.350. The van der Waals surface area contributed by atoms with Crippen molar-refractivity contribution in [1.82, 2.24) is 9.78 Å². The molecule has 0 aromatic carbocycles. The van der Waals surface area contributed by atoms with Crippen LogP contribution in [0.4, 0.5) is 0 Å². The third kappa shape index (κ3) is 2.31. The molecule has 0 spiro atoms. The van der Waals surface area contributed by atoms with E-state index >= 15 is 0 Å². The highest BCUT2D eigenvalue weighted by Crippen LogP contribution is 2.11. The fraction of sp³-hybridized carbons (Fsp3) is 0.571. The van der Waals surface area contributed by atoms with Crippen LogP contribution in [0.1, 0.15) is 20.1 Å². The fourth-order valence-corrected chi connectivity index (χ4v) is 1.13. The molecule has 0 aliphatic heterocycles. The summed E-state index contributed by atoms with van der Waals surface area (Å²) in [5.74, 6) is 0. The Morgan fingerprint density at radius 3 is 3.00 bits per heavy atom. The average molecular weight is 219 g/mol. The SMILES string of the molecule is CCO[C@H](C)n1cc(Br)cn1. The zero-order chi connectivity index (χ0) is 8.27. The normalized spacial score (nSPS) is 13.4. The molecule has 0 radical (unpaired) electrons. The number of hydrogen-bond donors (Lipinski definition) is 0. The van der Waals surface area contributed by atoms with Crippen LogP contribution in [0.3, 0.4) is 0 Å². The monoisotopic (exact) mass is 218 g/mol. The maximum absolute atomic E-state index is 5.32. The number of ether oxygens (including phenoxy) is 1. The van der Waals surface area contributed by atoms with Crippen LogP contribution < -0.4 is 0 Å². The number of hydrogen-bond acceptors (Lipinski definition) is 2. The second-order valence-corrected chi connectivity index (χ2v) is 3.11. The first-order valence-corrected chi connectivity index (χ1v) is 4.34. The van der Waals surface area contributed by atoms with Gasteiger partial charge in [-0.3, -0.25) is 0 Å². The highest BCUT2D eigenvalue weighted by molar-refractivity contribution is 9.10. The minimum atomic E-state index is 0.0197. The van der Waals surface area contributed by atoms with Crippen LogP contribution in [0.25, 0.3) is 0 Å². The van der Waals surface area contributed by atoms with Gasteiger partial charge < -0.3 is 4.74 Å². The second kappa shape index (κ2) is 3.88. The summed E-state index contributed by atoms with van der Waals surface area (Å²) in [6, 6.07) is 0. The highest BCUT2D eigenvalue weighted by atomic mass is 79.9. The van der Waals surface area contributed by atoms with Gasteiger partial charge in [0.15, 0.2) is 0 Å². The van der Waals surface area contributed by atoms with Crippen molar-refractivity contribution in [2.24, 2.45) is 0 Å². The van der Waals surface area contributed by atoms with Crippen LogP contribution >= 0.6 is 15.9 Å². The van der Waals surface area contributed by atoms with Gasteiger partial charge in [0.05, 0.1) is 10.7 Å². The van der Waals surface area contributed by atoms with Crippen LogP contribution in [0.15, 0.2) is 16.9 Å². The second-order valence-electron chi connectivity index (χ2n) is 2.19. The van der Waals surface area contributed by atoms with Crippen LogP contribution in [-0.2, 0) is 4.74 Å². The van der Waals surface area contributed by atoms with Crippen LogP contribution in [0, 0.1) is 0 Å². The van der Waals surface area contributed by atoms with E-state index in [1.807, 2.05) is 20.0 Å². The maximum Gasteiger partial charge on any atom is 0.147 e. The molecule has 1 aromatic rings. The largest absolute Gasteiger partial charge is 0.357 e. The number of rotatable bonds is 3. The Bertz CT molecular complexity index is 224. The fourth-order valence-electron chi connectivity index (χ4n) is 0.831. The molecule has 0 N–H and O–H groups in total. The van der Waals surface area contributed by atoms with Gasteiger partial charge in [0.1, 0.15) is 6.23 Å². The Morgan fingerprint density at radius 2 is 2.55 bits per heavy atom. The maximum atomic E-state index is 5.32. The van der Waals surface area contributed by atoms with Gasteiger partial charge in [0.2, 0.25) is 0 Å². The molecular formula is C7H11BrN2O. The minimum Gasteiger partial charge on any atom is -0.357 e. The standard InChI is InChI=1S/C7H11BrN2O/c1-3-11-6(2)10-5-7(8)4-9-10/h4-6H,3H2,1-2H3/t6-/m1/s1. The molecule has 0 saturated heterocycles. The van der Waals surface area contributed by atoms with Gasteiger partial charge in [-0.15, -0.1) is 0 Å². The Morgan fingerprint density at radius 1 is 1.82 bits per heavy atom. The van der Waals surface area contributed by atoms with Gasteiger partial charge >= 0.3 is 0 Å². The topological polar surface area (TPSA) is 27.1 Å². The van der Waals surface area contributed by atoms with Gasteiger partial charge in [-0.25, -0.2) is 4.68 Å². The number of aromatic nitrogens is 2. The Balaban J connectivity index is 2.60. The summed E-state index contributed by atoms with van der Waals surface area (Å²) in [5.41, 5.74) is 0. The lowest BCUT2D eigenvalue weighted by Gasteiger charge is -2.10. The molecule has 0 fully saturated rings. The molecule has 0 amide bonds. The van der Waals surface area contributed by atoms with Gasteiger partial charge in [0.25, 0.3) is 0 Å². The predicted octanol–water partition coefficient (Wildman–Crippen LogP) is 2.20. The van der Waals surface area contributed by atoms with Crippen LogP contribution in [-0.4, -0.2) is 16.4 Å². The third-order valence-electron chi connectivity index (χ3n) is 1.35. The molecule has 3 nitrogen and oxygen atoms in total. The van der Waals surface area contributed by atoms with E-state index in [9.17, 15) is 0 Å². The molecule has 0 aliphatic carbocycles. The van der Waals surface area contributed by atoms with E-state index < -0.39 is 0 Å². The molecule has 1 atom stereocenters. The van der Waals surface area contributed by atoms with Gasteiger partial charge in [-0.05, 0) is 29.8 Å². The van der Waals surface area contributed by atoms with Crippen molar-refractivity contribution in [3.63, 3.8) is 0 Å². The van der Waals surface area contributed by atoms with Crippen molar-refractivity contribution < 1.29 is 4.74 Å². The molecule has 1 aromatic heterocycles. The van der Waals surface area contributed by atoms with Crippen molar-refractivity contribution >= 4 is 15.9 Å². The van der Waals surface area contributed by atoms with E-state index in [2.05, 4.69) is 21.0 Å². The molecule has 1 rings (SSSR count). The van der Waals surface area contributed by atoms with E-state index in [1.165, 1.54) is 0 Å². The summed E-state index contributed by atoms with van der Waals surface area (Å²) in [7, 11) is 0. The molecule has 1 heterocycles. The first kappa shape index (κ1) is 8.74. The Labute approximate surface area is 74.5 Å². The molecule has 11 heavy (non-hydrogen) atoms. The summed E-state index contributed by atoms with van der Waals surface area (Å²) in [6.45, 7) is 4.64. The smallest absolute Gasteiger partial charge is 0.147 e. The molecule has 4 heteroatoms. The lowest BCUT2D eigenvalue weighted by molar-refractivity contribution is 0.0159. The lowest BCUT2D eigenvalue weighted by atomic mass is 10.6. The summed E-state index contributed by atoms with van der Waals surface area (Å²) in [6.07, 6.45) is 3.65. The van der Waals surface area contributed by atoms with Crippen molar-refractivity contribution in [1.29, 1.82) is 0 Å². The summed E-state index contributed by atoms with van der Waals surface area (Å²) in [5, 5.41) is 4.08. The van der Waals surface area contributed by atoms with Gasteiger partial charge in [0, 0.05) is 12.8 Å². The number of nitrogens with zero attached hydrogens (tertiary/aromatic N) is 2. The third-order valence-corrected chi connectivity index (χ3v) is 1.76. The minimum absolute atomic E-state index is 0.0197. The predicted molar refractivity (Wildman–Crippen MR) is 46.3 cm³/mol. The quantitative estimate of drug-likeness (QED) is 0.779. The number of halogens is 1. The van der Waals surface area contributed by atoms with E-state index in [0.717, 1.165) is 4.47 Å². The molecule has 0 aliphatic rings. The lowest BCUT2D eigenvalue weighted by Crippen LogP contribution is -2.09. The first-order chi connectivity index (χ1) is 5.24. The van der Waals surface area contributed by atoms with Gasteiger partial charge in [-0.2, -0.15) is 5.10 Å². The van der Waals surface area contributed by atoms with Crippen LogP contribution in [0.2, 0.25) is 0 Å².